The summed E-state index contributed by atoms with van der Waals surface area (Å²) in [4.78, 5) is 8.38. The van der Waals surface area contributed by atoms with E-state index in [-0.39, 0.29) is 20.4 Å². The van der Waals surface area contributed by atoms with Gasteiger partial charge in [-0.15, -0.1) is 12.8 Å². The number of rotatable bonds is 4. The predicted molar refractivity (Wildman–Crippen MR) is 77.5 cm³/mol. The van der Waals surface area contributed by atoms with Crippen LogP contribution in [0.25, 0.3) is 0 Å². The van der Waals surface area contributed by atoms with E-state index in [1.807, 2.05) is 42.9 Å². The SMILES string of the molecule is C(=N[CH-]Cc1ccccc1)c1ccccn1.[CH2-]Cl.[Pd+2]. The zero-order valence-electron chi connectivity index (χ0n) is 10.4. The van der Waals surface area contributed by atoms with Crippen molar-refractivity contribution >= 4 is 17.8 Å². The molecule has 0 fully saturated rings. The quantitative estimate of drug-likeness (QED) is 0.458. The van der Waals surface area contributed by atoms with Gasteiger partial charge in [-0.2, -0.15) is 0 Å². The van der Waals surface area contributed by atoms with Crippen molar-refractivity contribution in [2.45, 2.75) is 6.42 Å². The van der Waals surface area contributed by atoms with Crippen LogP contribution in [0.4, 0.5) is 0 Å². The standard InChI is InChI=1S/C14H13N2.CH2Cl.Pd/c1-2-6-13(7-3-1)9-11-15-12-14-8-4-5-10-16-14;1-2;/h1-8,10-12H,9H2;1H2;/q2*-1;+2. The van der Waals surface area contributed by atoms with Gasteiger partial charge in [0.25, 0.3) is 0 Å². The molecule has 1 heterocycles. The molecule has 0 radical (unpaired) electrons. The molecule has 0 unspecified atom stereocenters. The van der Waals surface area contributed by atoms with E-state index in [1.54, 1.807) is 12.4 Å². The zero-order valence-corrected chi connectivity index (χ0v) is 12.7. The molecular formula is C15H15ClN2Pd. The van der Waals surface area contributed by atoms with Gasteiger partial charge in [0.2, 0.25) is 0 Å². The number of pyridine rings is 1. The maximum atomic E-state index is 4.39. The topological polar surface area (TPSA) is 25.2 Å². The van der Waals surface area contributed by atoms with Crippen LogP contribution in [0.1, 0.15) is 11.3 Å². The van der Waals surface area contributed by atoms with Crippen molar-refractivity contribution in [1.82, 2.24) is 4.98 Å². The smallest absolute Gasteiger partial charge is 0.451 e. The third-order valence-electron chi connectivity index (χ3n) is 2.17. The van der Waals surface area contributed by atoms with Crippen molar-refractivity contribution in [3.63, 3.8) is 0 Å². The molecule has 102 valence electrons. The molecule has 2 rings (SSSR count). The van der Waals surface area contributed by atoms with E-state index >= 15 is 0 Å². The van der Waals surface area contributed by atoms with Crippen molar-refractivity contribution in [2.24, 2.45) is 4.99 Å². The number of hydrogen-bond acceptors (Lipinski definition) is 2. The van der Waals surface area contributed by atoms with Crippen molar-refractivity contribution in [1.29, 1.82) is 0 Å². The number of nitrogens with zero attached hydrogens (tertiary/aromatic N) is 2. The van der Waals surface area contributed by atoms with Gasteiger partial charge in [-0.1, -0.05) is 54.4 Å². The van der Waals surface area contributed by atoms with E-state index in [4.69, 9.17) is 0 Å². The first-order valence-electron chi connectivity index (χ1n) is 5.52. The summed E-state index contributed by atoms with van der Waals surface area (Å²) in [6, 6.07) is 16.0. The fraction of sp³-hybridized carbons (Fsp3) is 0.0667. The van der Waals surface area contributed by atoms with Crippen LogP contribution in [0.15, 0.2) is 59.7 Å². The van der Waals surface area contributed by atoms with Gasteiger partial charge in [-0.05, 0) is 11.8 Å². The molecule has 0 aliphatic heterocycles. The summed E-state index contributed by atoms with van der Waals surface area (Å²) in [6.07, 6.45) is 7.10. The van der Waals surface area contributed by atoms with Gasteiger partial charge in [-0.25, -0.2) is 0 Å². The van der Waals surface area contributed by atoms with Crippen molar-refractivity contribution < 1.29 is 20.4 Å². The van der Waals surface area contributed by atoms with Crippen LogP contribution in [0.2, 0.25) is 0 Å². The van der Waals surface area contributed by atoms with Crippen LogP contribution in [-0.2, 0) is 26.8 Å². The Hall–Kier alpha value is -1.14. The van der Waals surface area contributed by atoms with Crippen LogP contribution in [-0.4, -0.2) is 11.2 Å². The number of halogens is 1. The minimum Gasteiger partial charge on any atom is -0.451 e. The molecule has 0 aliphatic carbocycles. The van der Waals surface area contributed by atoms with Crippen molar-refractivity contribution in [2.75, 3.05) is 0 Å². The van der Waals surface area contributed by atoms with Crippen LogP contribution in [0.3, 0.4) is 0 Å². The Bertz CT molecular complexity index is 446. The molecule has 4 heteroatoms. The van der Waals surface area contributed by atoms with Crippen molar-refractivity contribution in [3.8, 4) is 0 Å². The second kappa shape index (κ2) is 11.9. The molecule has 0 bridgehead atoms. The predicted octanol–water partition coefficient (Wildman–Crippen LogP) is 3.92. The summed E-state index contributed by atoms with van der Waals surface area (Å²) >= 11 is 4.39. The van der Waals surface area contributed by atoms with Crippen LogP contribution in [0.5, 0.6) is 0 Å². The Labute approximate surface area is 133 Å². The molecule has 0 spiro atoms. The molecular weight excluding hydrogens is 350 g/mol. The monoisotopic (exact) mass is 364 g/mol. The molecule has 0 saturated heterocycles. The van der Waals surface area contributed by atoms with Gasteiger partial charge in [0.15, 0.2) is 0 Å². The van der Waals surface area contributed by atoms with Gasteiger partial charge < -0.3 is 16.6 Å². The summed E-state index contributed by atoms with van der Waals surface area (Å²) in [5.74, 6) is 0. The molecule has 0 N–H and O–H groups in total. The van der Waals surface area contributed by atoms with Crippen LogP contribution in [0, 0.1) is 12.9 Å². The Kier molecular flexibility index (Phi) is 11.2. The molecule has 0 aliphatic rings. The molecule has 0 amide bonds. The summed E-state index contributed by atoms with van der Waals surface area (Å²) in [5, 5.41) is 0. The first-order valence-corrected chi connectivity index (χ1v) is 6.05. The fourth-order valence-corrected chi connectivity index (χ4v) is 1.35. The normalized spacial score (nSPS) is 9.16. The zero-order chi connectivity index (χ0) is 13.1. The molecule has 1 aromatic heterocycles. The largest absolute Gasteiger partial charge is 2.00 e. The summed E-state index contributed by atoms with van der Waals surface area (Å²) in [6.45, 7) is 1.89. The van der Waals surface area contributed by atoms with Gasteiger partial charge in [0.05, 0.1) is 0 Å². The van der Waals surface area contributed by atoms with E-state index in [0.717, 1.165) is 12.1 Å². The second-order valence-electron chi connectivity index (χ2n) is 3.41. The van der Waals surface area contributed by atoms with Gasteiger partial charge in [-0.3, -0.25) is 11.4 Å². The number of aliphatic imine (C=N–C) groups is 1. The second-order valence-corrected chi connectivity index (χ2v) is 3.41. The van der Waals surface area contributed by atoms with E-state index in [9.17, 15) is 0 Å². The van der Waals surface area contributed by atoms with E-state index in [0.29, 0.717) is 0 Å². The molecule has 19 heavy (non-hydrogen) atoms. The van der Waals surface area contributed by atoms with Crippen LogP contribution < -0.4 is 0 Å². The van der Waals surface area contributed by atoms with Gasteiger partial charge in [0.1, 0.15) is 0 Å². The average molecular weight is 365 g/mol. The number of hydrogen-bond donors (Lipinski definition) is 0. The Balaban J connectivity index is 0.00000103. The van der Waals surface area contributed by atoms with Crippen LogP contribution >= 0.6 is 11.6 Å². The molecule has 0 saturated carbocycles. The Morgan fingerprint density at radius 2 is 1.79 bits per heavy atom. The molecule has 0 atom stereocenters. The average Bonchev–Trinajstić information content (AvgIpc) is 2.48. The maximum Gasteiger partial charge on any atom is 2.00 e. The molecule has 2 nitrogen and oxygen atoms in total. The Morgan fingerprint density at radius 3 is 2.42 bits per heavy atom. The minimum absolute atomic E-state index is 0. The minimum atomic E-state index is 0. The summed E-state index contributed by atoms with van der Waals surface area (Å²) in [7, 11) is 0. The first kappa shape index (κ1) is 17.9. The van der Waals surface area contributed by atoms with Gasteiger partial charge in [0, 0.05) is 6.20 Å². The van der Waals surface area contributed by atoms with E-state index < -0.39 is 0 Å². The number of benzene rings is 1. The van der Waals surface area contributed by atoms with E-state index in [2.05, 4.69) is 40.1 Å². The fourth-order valence-electron chi connectivity index (χ4n) is 1.35. The van der Waals surface area contributed by atoms with E-state index in [1.165, 1.54) is 5.56 Å². The summed E-state index contributed by atoms with van der Waals surface area (Å²) in [5.41, 5.74) is 2.15. The molecule has 2 aromatic rings. The first-order chi connectivity index (χ1) is 8.95. The molecule has 1 aromatic carbocycles. The Morgan fingerprint density at radius 1 is 1.11 bits per heavy atom. The summed E-state index contributed by atoms with van der Waals surface area (Å²) < 4.78 is 0. The number of aromatic nitrogens is 1. The third kappa shape index (κ3) is 7.79. The third-order valence-corrected chi connectivity index (χ3v) is 2.17. The maximum absolute atomic E-state index is 4.39. The van der Waals surface area contributed by atoms with Crippen molar-refractivity contribution in [3.05, 3.63) is 78.9 Å². The van der Waals surface area contributed by atoms with Gasteiger partial charge >= 0.3 is 20.4 Å².